The van der Waals surface area contributed by atoms with Crippen molar-refractivity contribution >= 4 is 11.6 Å². The number of piperazine rings is 1. The lowest BCUT2D eigenvalue weighted by Gasteiger charge is -2.31. The van der Waals surface area contributed by atoms with Gasteiger partial charge in [-0.1, -0.05) is 6.07 Å². The zero-order valence-electron chi connectivity index (χ0n) is 11.8. The van der Waals surface area contributed by atoms with Gasteiger partial charge in [0.1, 0.15) is 0 Å². The third-order valence-electron chi connectivity index (χ3n) is 3.73. The van der Waals surface area contributed by atoms with E-state index in [1.807, 2.05) is 25.1 Å². The number of rotatable bonds is 2. The van der Waals surface area contributed by atoms with Gasteiger partial charge in [0.2, 0.25) is 0 Å². The first-order chi connectivity index (χ1) is 9.63. The zero-order chi connectivity index (χ0) is 14.1. The summed E-state index contributed by atoms with van der Waals surface area (Å²) in [7, 11) is 2.12. The fourth-order valence-corrected chi connectivity index (χ4v) is 2.24. The van der Waals surface area contributed by atoms with Crippen molar-refractivity contribution in [3.8, 4) is 11.5 Å². The lowest BCUT2D eigenvalue weighted by molar-refractivity contribution is 0.309. The molecule has 106 valence electrons. The molecule has 6 nitrogen and oxygen atoms in total. The summed E-state index contributed by atoms with van der Waals surface area (Å²) in [4.78, 5) is 8.91. The van der Waals surface area contributed by atoms with E-state index in [4.69, 9.17) is 10.3 Å². The van der Waals surface area contributed by atoms with Gasteiger partial charge in [0.25, 0.3) is 11.8 Å². The first-order valence-corrected chi connectivity index (χ1v) is 6.77. The zero-order valence-corrected chi connectivity index (χ0v) is 11.8. The van der Waals surface area contributed by atoms with E-state index in [9.17, 15) is 0 Å². The van der Waals surface area contributed by atoms with Crippen LogP contribution in [-0.4, -0.2) is 48.3 Å². The van der Waals surface area contributed by atoms with Crippen LogP contribution in [0.25, 0.3) is 11.5 Å². The normalized spacial score (nSPS) is 16.6. The number of likely N-dealkylation sites (N-methyl/N-ethyl adjacent to an activating group) is 1. The molecule has 20 heavy (non-hydrogen) atoms. The highest BCUT2D eigenvalue weighted by Gasteiger charge is 2.19. The summed E-state index contributed by atoms with van der Waals surface area (Å²) in [5.41, 5.74) is 8.57. The average Bonchev–Trinajstić information content (AvgIpc) is 2.92. The Morgan fingerprint density at radius 3 is 2.65 bits per heavy atom. The molecule has 1 aliphatic rings. The molecule has 0 spiro atoms. The van der Waals surface area contributed by atoms with Gasteiger partial charge in [-0.05, 0) is 36.8 Å². The maximum absolute atomic E-state index is 5.92. The standard InChI is InChI=1S/C14H19N5O/c1-10-3-4-11(9-12(10)15)13-16-14(17-20-13)19-7-5-18(2)6-8-19/h3-4,9H,5-8,15H2,1-2H3. The van der Waals surface area contributed by atoms with E-state index in [1.54, 1.807) is 0 Å². The van der Waals surface area contributed by atoms with Crippen LogP contribution in [0.15, 0.2) is 22.7 Å². The van der Waals surface area contributed by atoms with Gasteiger partial charge in [0.05, 0.1) is 0 Å². The molecular weight excluding hydrogens is 254 g/mol. The van der Waals surface area contributed by atoms with Gasteiger partial charge in [-0.25, -0.2) is 0 Å². The predicted molar refractivity (Wildman–Crippen MR) is 78.6 cm³/mol. The van der Waals surface area contributed by atoms with E-state index in [1.165, 1.54) is 0 Å². The van der Waals surface area contributed by atoms with E-state index >= 15 is 0 Å². The second kappa shape index (κ2) is 5.13. The van der Waals surface area contributed by atoms with Gasteiger partial charge >= 0.3 is 0 Å². The number of nitrogens with two attached hydrogens (primary N) is 1. The van der Waals surface area contributed by atoms with Crippen LogP contribution < -0.4 is 10.6 Å². The number of anilines is 2. The minimum atomic E-state index is 0.519. The summed E-state index contributed by atoms with van der Waals surface area (Å²) >= 11 is 0. The van der Waals surface area contributed by atoms with Crippen molar-refractivity contribution in [3.05, 3.63) is 23.8 Å². The first kappa shape index (κ1) is 12.9. The number of aryl methyl sites for hydroxylation is 1. The number of aromatic nitrogens is 2. The van der Waals surface area contributed by atoms with Crippen molar-refractivity contribution in [2.45, 2.75) is 6.92 Å². The minimum absolute atomic E-state index is 0.519. The summed E-state index contributed by atoms with van der Waals surface area (Å²) in [6.07, 6.45) is 0. The average molecular weight is 273 g/mol. The van der Waals surface area contributed by atoms with Crippen LogP contribution in [0.5, 0.6) is 0 Å². The van der Waals surface area contributed by atoms with Gasteiger partial charge in [-0.2, -0.15) is 4.98 Å². The number of hydrogen-bond donors (Lipinski definition) is 1. The van der Waals surface area contributed by atoms with Crippen LogP contribution in [0.4, 0.5) is 11.6 Å². The quantitative estimate of drug-likeness (QED) is 0.833. The second-order valence-electron chi connectivity index (χ2n) is 5.26. The van der Waals surface area contributed by atoms with Crippen LogP contribution in [0.2, 0.25) is 0 Å². The lowest BCUT2D eigenvalue weighted by Crippen LogP contribution is -2.44. The molecular formula is C14H19N5O. The Labute approximate surface area is 118 Å². The Bertz CT molecular complexity index is 601. The highest BCUT2D eigenvalue weighted by atomic mass is 16.5. The molecule has 0 radical (unpaired) electrons. The summed E-state index contributed by atoms with van der Waals surface area (Å²) in [5.74, 6) is 1.18. The van der Waals surface area contributed by atoms with Crippen LogP contribution in [0.3, 0.4) is 0 Å². The highest BCUT2D eigenvalue weighted by molar-refractivity contribution is 5.63. The van der Waals surface area contributed by atoms with Crippen molar-refractivity contribution in [1.82, 2.24) is 15.0 Å². The molecule has 0 bridgehead atoms. The summed E-state index contributed by atoms with van der Waals surface area (Å²) in [6, 6.07) is 5.79. The number of nitrogens with zero attached hydrogens (tertiary/aromatic N) is 4. The molecule has 2 N–H and O–H groups in total. The van der Waals surface area contributed by atoms with Crippen molar-refractivity contribution < 1.29 is 4.52 Å². The maximum Gasteiger partial charge on any atom is 0.266 e. The highest BCUT2D eigenvalue weighted by Crippen LogP contribution is 2.24. The van der Waals surface area contributed by atoms with E-state index in [0.29, 0.717) is 11.8 Å². The number of hydrogen-bond acceptors (Lipinski definition) is 6. The molecule has 0 atom stereocenters. The molecule has 2 heterocycles. The van der Waals surface area contributed by atoms with Crippen molar-refractivity contribution in [2.24, 2.45) is 0 Å². The van der Waals surface area contributed by atoms with Crippen molar-refractivity contribution in [2.75, 3.05) is 43.9 Å². The molecule has 2 aromatic rings. The van der Waals surface area contributed by atoms with Gasteiger partial charge < -0.3 is 20.1 Å². The fourth-order valence-electron chi connectivity index (χ4n) is 2.24. The number of benzene rings is 1. The minimum Gasteiger partial charge on any atom is -0.398 e. The van der Waals surface area contributed by atoms with E-state index in [2.05, 4.69) is 27.0 Å². The van der Waals surface area contributed by atoms with Crippen LogP contribution >= 0.6 is 0 Å². The molecule has 3 rings (SSSR count). The summed E-state index contributed by atoms with van der Waals surface area (Å²) in [5, 5.41) is 4.07. The van der Waals surface area contributed by atoms with Gasteiger partial charge in [-0.15, -0.1) is 0 Å². The first-order valence-electron chi connectivity index (χ1n) is 6.77. The lowest BCUT2D eigenvalue weighted by atomic mass is 10.1. The third kappa shape index (κ3) is 2.46. The maximum atomic E-state index is 5.92. The summed E-state index contributed by atoms with van der Waals surface area (Å²) in [6.45, 7) is 5.85. The molecule has 0 saturated carbocycles. The molecule has 0 amide bonds. The van der Waals surface area contributed by atoms with Crippen LogP contribution in [0, 0.1) is 6.92 Å². The van der Waals surface area contributed by atoms with Crippen molar-refractivity contribution in [1.29, 1.82) is 0 Å². The van der Waals surface area contributed by atoms with Gasteiger partial charge in [0.15, 0.2) is 0 Å². The molecule has 1 aromatic carbocycles. The molecule has 1 saturated heterocycles. The van der Waals surface area contributed by atoms with Crippen molar-refractivity contribution in [3.63, 3.8) is 0 Å². The largest absolute Gasteiger partial charge is 0.398 e. The van der Waals surface area contributed by atoms with E-state index in [-0.39, 0.29) is 0 Å². The van der Waals surface area contributed by atoms with Gasteiger partial charge in [-0.3, -0.25) is 0 Å². The topological polar surface area (TPSA) is 71.4 Å². The van der Waals surface area contributed by atoms with E-state index in [0.717, 1.165) is 43.0 Å². The molecule has 0 aliphatic carbocycles. The van der Waals surface area contributed by atoms with Gasteiger partial charge in [0, 0.05) is 37.4 Å². The Hall–Kier alpha value is -2.08. The molecule has 0 unspecified atom stereocenters. The number of nitrogen functional groups attached to an aromatic ring is 1. The Morgan fingerprint density at radius 1 is 1.20 bits per heavy atom. The van der Waals surface area contributed by atoms with E-state index < -0.39 is 0 Å². The molecule has 1 fully saturated rings. The second-order valence-corrected chi connectivity index (χ2v) is 5.26. The Kier molecular flexibility index (Phi) is 3.31. The smallest absolute Gasteiger partial charge is 0.266 e. The fraction of sp³-hybridized carbons (Fsp3) is 0.429. The third-order valence-corrected chi connectivity index (χ3v) is 3.73. The summed E-state index contributed by atoms with van der Waals surface area (Å²) < 4.78 is 5.35. The Balaban J connectivity index is 1.81. The van der Waals surface area contributed by atoms with Crippen LogP contribution in [0.1, 0.15) is 5.56 Å². The predicted octanol–water partition coefficient (Wildman–Crippen LogP) is 1.38. The Morgan fingerprint density at radius 2 is 1.95 bits per heavy atom. The molecule has 6 heteroatoms. The monoisotopic (exact) mass is 273 g/mol. The molecule has 1 aromatic heterocycles. The SMILES string of the molecule is Cc1ccc(-c2nc(N3CCN(C)CC3)no2)cc1N. The van der Waals surface area contributed by atoms with Crippen LogP contribution in [-0.2, 0) is 0 Å². The molecule has 1 aliphatic heterocycles.